The number of likely N-dealkylation sites (tertiary alicyclic amines) is 1. The molecule has 1 amide bonds. The molecule has 0 unspecified atom stereocenters. The molecule has 1 saturated carbocycles. The molecule has 14 heavy (non-hydrogen) atoms. The number of rotatable bonds is 0. The first kappa shape index (κ1) is 9.77. The van der Waals surface area contributed by atoms with E-state index in [1.54, 1.807) is 0 Å². The van der Waals surface area contributed by atoms with E-state index >= 15 is 0 Å². The molecule has 0 atom stereocenters. The zero-order valence-corrected chi connectivity index (χ0v) is 8.49. The van der Waals surface area contributed by atoms with E-state index in [-0.39, 0.29) is 5.41 Å². The van der Waals surface area contributed by atoms with Gasteiger partial charge < -0.3 is 15.1 Å². The lowest BCUT2D eigenvalue weighted by Crippen LogP contribution is -2.60. The number of carboxylic acid groups (broad SMARTS) is 1. The van der Waals surface area contributed by atoms with Crippen molar-refractivity contribution in [1.82, 2.24) is 4.90 Å². The number of hydrogen-bond acceptors (Lipinski definition) is 2. The van der Waals surface area contributed by atoms with Gasteiger partial charge in [-0.1, -0.05) is 0 Å². The molecule has 0 aromatic carbocycles. The van der Waals surface area contributed by atoms with Crippen LogP contribution in [0.3, 0.4) is 0 Å². The van der Waals surface area contributed by atoms with Gasteiger partial charge in [-0.15, -0.1) is 0 Å². The van der Waals surface area contributed by atoms with Crippen molar-refractivity contribution in [1.29, 1.82) is 0 Å². The maximum absolute atomic E-state index is 10.6. The third kappa shape index (κ3) is 1.59. The van der Waals surface area contributed by atoms with Crippen LogP contribution in [0.2, 0.25) is 0 Å². The largest absolute Gasteiger partial charge is 0.465 e. The first-order valence-electron chi connectivity index (χ1n) is 5.13. The van der Waals surface area contributed by atoms with Gasteiger partial charge in [0.25, 0.3) is 0 Å². The van der Waals surface area contributed by atoms with Crippen molar-refractivity contribution in [3.05, 3.63) is 0 Å². The minimum Gasteiger partial charge on any atom is -0.465 e. The Balaban J connectivity index is 1.89. The molecule has 1 spiro atoms. The summed E-state index contributed by atoms with van der Waals surface area (Å²) < 4.78 is 0. The summed E-state index contributed by atoms with van der Waals surface area (Å²) in [6, 6.07) is 0. The molecule has 0 aromatic rings. The number of aliphatic hydroxyl groups is 1. The first-order chi connectivity index (χ1) is 6.43. The normalized spacial score (nSPS) is 28.6. The van der Waals surface area contributed by atoms with Crippen LogP contribution in [0, 0.1) is 5.41 Å². The summed E-state index contributed by atoms with van der Waals surface area (Å²) in [5.41, 5.74) is -0.324. The molecule has 0 bridgehead atoms. The van der Waals surface area contributed by atoms with Crippen LogP contribution in [0.1, 0.15) is 32.6 Å². The van der Waals surface area contributed by atoms with Crippen molar-refractivity contribution >= 4 is 6.09 Å². The molecule has 2 N–H and O–H groups in total. The predicted molar refractivity (Wildman–Crippen MR) is 51.1 cm³/mol. The lowest BCUT2D eigenvalue weighted by molar-refractivity contribution is -0.0756. The molecule has 2 aliphatic rings. The zero-order valence-electron chi connectivity index (χ0n) is 8.49. The molecule has 1 heterocycles. The maximum Gasteiger partial charge on any atom is 0.407 e. The van der Waals surface area contributed by atoms with Crippen LogP contribution >= 0.6 is 0 Å². The summed E-state index contributed by atoms with van der Waals surface area (Å²) >= 11 is 0. The maximum atomic E-state index is 10.6. The highest BCUT2D eigenvalue weighted by molar-refractivity contribution is 5.66. The average Bonchev–Trinajstić information content (AvgIpc) is 2.00. The fourth-order valence-electron chi connectivity index (χ4n) is 2.53. The van der Waals surface area contributed by atoms with Crippen molar-refractivity contribution < 1.29 is 15.0 Å². The molecule has 4 nitrogen and oxygen atoms in total. The summed E-state index contributed by atoms with van der Waals surface area (Å²) in [5, 5.41) is 18.5. The van der Waals surface area contributed by atoms with Gasteiger partial charge in [0.1, 0.15) is 0 Å². The van der Waals surface area contributed by atoms with Crippen LogP contribution in [-0.4, -0.2) is 39.9 Å². The second-order valence-corrected chi connectivity index (χ2v) is 5.14. The van der Waals surface area contributed by atoms with E-state index in [1.807, 2.05) is 6.92 Å². The van der Waals surface area contributed by atoms with E-state index < -0.39 is 11.7 Å². The quantitative estimate of drug-likeness (QED) is 0.618. The molecule has 2 rings (SSSR count). The predicted octanol–water partition coefficient (Wildman–Crippen LogP) is 1.29. The van der Waals surface area contributed by atoms with Crippen molar-refractivity contribution in [2.75, 3.05) is 13.1 Å². The topological polar surface area (TPSA) is 60.8 Å². The number of hydrogen-bond donors (Lipinski definition) is 2. The van der Waals surface area contributed by atoms with Crippen LogP contribution in [0.15, 0.2) is 0 Å². The van der Waals surface area contributed by atoms with Gasteiger partial charge in [-0.3, -0.25) is 0 Å². The summed E-state index contributed by atoms with van der Waals surface area (Å²) in [6.07, 6.45) is 2.72. The van der Waals surface area contributed by atoms with Crippen molar-refractivity contribution in [2.45, 2.75) is 38.2 Å². The van der Waals surface area contributed by atoms with Gasteiger partial charge >= 0.3 is 6.09 Å². The highest BCUT2D eigenvalue weighted by atomic mass is 16.4. The lowest BCUT2D eigenvalue weighted by atomic mass is 9.65. The Hall–Kier alpha value is -0.770. The fourth-order valence-corrected chi connectivity index (χ4v) is 2.53. The fraction of sp³-hybridized carbons (Fsp3) is 0.900. The Labute approximate surface area is 83.5 Å². The highest BCUT2D eigenvalue weighted by Crippen LogP contribution is 2.46. The van der Waals surface area contributed by atoms with Crippen molar-refractivity contribution in [3.8, 4) is 0 Å². The molecule has 80 valence electrons. The molecule has 1 aliphatic heterocycles. The van der Waals surface area contributed by atoms with Crippen LogP contribution in [0.4, 0.5) is 4.79 Å². The molecule has 2 fully saturated rings. The Kier molecular flexibility index (Phi) is 2.00. The molecule has 0 radical (unpaired) electrons. The van der Waals surface area contributed by atoms with Gasteiger partial charge in [-0.05, 0) is 32.6 Å². The summed E-state index contributed by atoms with van der Waals surface area (Å²) in [5.74, 6) is 0. The zero-order chi connectivity index (χ0) is 10.4. The van der Waals surface area contributed by atoms with E-state index in [0.717, 1.165) is 25.7 Å². The molecule has 1 aliphatic carbocycles. The van der Waals surface area contributed by atoms with Gasteiger partial charge in [0, 0.05) is 18.5 Å². The molecular weight excluding hydrogens is 182 g/mol. The van der Waals surface area contributed by atoms with E-state index in [2.05, 4.69) is 0 Å². The van der Waals surface area contributed by atoms with E-state index in [9.17, 15) is 9.90 Å². The Morgan fingerprint density at radius 2 is 1.71 bits per heavy atom. The molecule has 0 aromatic heterocycles. The monoisotopic (exact) mass is 199 g/mol. The second kappa shape index (κ2) is 2.86. The van der Waals surface area contributed by atoms with E-state index in [0.29, 0.717) is 13.1 Å². The van der Waals surface area contributed by atoms with E-state index in [1.165, 1.54) is 4.90 Å². The van der Waals surface area contributed by atoms with Gasteiger partial charge in [-0.25, -0.2) is 4.79 Å². The van der Waals surface area contributed by atoms with Gasteiger partial charge in [0.05, 0.1) is 5.60 Å². The Morgan fingerprint density at radius 1 is 1.21 bits per heavy atom. The van der Waals surface area contributed by atoms with Crippen molar-refractivity contribution in [3.63, 3.8) is 0 Å². The average molecular weight is 199 g/mol. The van der Waals surface area contributed by atoms with Crippen LogP contribution in [0.25, 0.3) is 0 Å². The minimum absolute atomic E-state index is 0.195. The summed E-state index contributed by atoms with van der Waals surface area (Å²) in [4.78, 5) is 12.1. The first-order valence-corrected chi connectivity index (χ1v) is 5.13. The second-order valence-electron chi connectivity index (χ2n) is 5.14. The Bertz CT molecular complexity index is 244. The molecule has 4 heteroatoms. The third-order valence-corrected chi connectivity index (χ3v) is 3.71. The lowest BCUT2D eigenvalue weighted by Gasteiger charge is -2.53. The molecule has 1 saturated heterocycles. The third-order valence-electron chi connectivity index (χ3n) is 3.71. The summed E-state index contributed by atoms with van der Waals surface area (Å²) in [7, 11) is 0. The standard InChI is InChI=1S/C10H17NO3/c1-9(14)2-4-10(5-3-9)6-11(7-10)8(12)13/h14H,2-7H2,1H3,(H,12,13). The highest BCUT2D eigenvalue weighted by Gasteiger charge is 2.48. The molecular formula is C10H17NO3. The van der Waals surface area contributed by atoms with E-state index in [4.69, 9.17) is 5.11 Å². The number of carbonyl (C=O) groups is 1. The smallest absolute Gasteiger partial charge is 0.407 e. The minimum atomic E-state index is -0.812. The Morgan fingerprint density at radius 3 is 2.14 bits per heavy atom. The van der Waals surface area contributed by atoms with Crippen molar-refractivity contribution in [2.24, 2.45) is 5.41 Å². The van der Waals surface area contributed by atoms with Gasteiger partial charge in [0.2, 0.25) is 0 Å². The number of amides is 1. The SMILES string of the molecule is CC1(O)CCC2(CC1)CN(C(=O)O)C2. The van der Waals surface area contributed by atoms with Gasteiger partial charge in [0.15, 0.2) is 0 Å². The van der Waals surface area contributed by atoms with Crippen LogP contribution in [-0.2, 0) is 0 Å². The summed E-state index contributed by atoms with van der Waals surface area (Å²) in [6.45, 7) is 3.20. The van der Waals surface area contributed by atoms with Crippen LogP contribution in [0.5, 0.6) is 0 Å². The van der Waals surface area contributed by atoms with Gasteiger partial charge in [-0.2, -0.15) is 0 Å². The number of nitrogens with zero attached hydrogens (tertiary/aromatic N) is 1. The van der Waals surface area contributed by atoms with Crippen LogP contribution < -0.4 is 0 Å².